The van der Waals surface area contributed by atoms with E-state index in [4.69, 9.17) is 9.47 Å². The normalized spacial score (nSPS) is 24.7. The number of hydrogen-bond acceptors (Lipinski definition) is 5. The molecule has 0 radical (unpaired) electrons. The minimum atomic E-state index is -5.11. The number of methoxy groups -OCH3 is 1. The number of carbonyl (C=O) groups excluding carboxylic acids is 1. The SMILES string of the molecule is COC(=O)[C@H](O[C@@H]1CC[C@H]2[C@H](C#N)C[C@]1(c1ccccc1)N2Cc1ccccc1)c1cc(C(F)(F)F)cc(C(F)(F)F)c1. The van der Waals surface area contributed by atoms with Gasteiger partial charge in [0.05, 0.1) is 41.9 Å². The number of piperidine rings is 1. The van der Waals surface area contributed by atoms with Crippen molar-refractivity contribution in [2.24, 2.45) is 5.92 Å². The van der Waals surface area contributed by atoms with E-state index in [9.17, 15) is 36.4 Å². The molecule has 5 nitrogen and oxygen atoms in total. The molecule has 43 heavy (non-hydrogen) atoms. The smallest absolute Gasteiger partial charge is 0.416 e. The van der Waals surface area contributed by atoms with Gasteiger partial charge in [-0.1, -0.05) is 60.7 Å². The van der Waals surface area contributed by atoms with E-state index in [1.165, 1.54) is 0 Å². The van der Waals surface area contributed by atoms with E-state index in [1.54, 1.807) is 0 Å². The molecule has 0 unspecified atom stereocenters. The fraction of sp³-hybridized carbons (Fsp3) is 0.375. The molecule has 2 bridgehead atoms. The summed E-state index contributed by atoms with van der Waals surface area (Å²) in [5, 5.41) is 10.1. The molecule has 11 heteroatoms. The van der Waals surface area contributed by atoms with Crippen molar-refractivity contribution in [1.29, 1.82) is 5.26 Å². The lowest BCUT2D eigenvalue weighted by molar-refractivity contribution is -0.174. The van der Waals surface area contributed by atoms with Gasteiger partial charge in [0.15, 0.2) is 6.10 Å². The van der Waals surface area contributed by atoms with Crippen LogP contribution in [0.15, 0.2) is 78.9 Å². The maximum atomic E-state index is 13.7. The summed E-state index contributed by atoms with van der Waals surface area (Å²) in [6, 6.07) is 21.8. The predicted molar refractivity (Wildman–Crippen MR) is 143 cm³/mol. The Kier molecular flexibility index (Phi) is 8.29. The second-order valence-corrected chi connectivity index (χ2v) is 10.9. The number of halogens is 6. The molecular formula is C32H28F6N2O3. The van der Waals surface area contributed by atoms with Crippen LogP contribution in [0.1, 0.15) is 53.2 Å². The summed E-state index contributed by atoms with van der Waals surface area (Å²) in [7, 11) is 0.990. The van der Waals surface area contributed by atoms with Crippen LogP contribution in [0.5, 0.6) is 0 Å². The van der Waals surface area contributed by atoms with Gasteiger partial charge in [-0.3, -0.25) is 4.90 Å². The molecule has 0 amide bonds. The standard InChI is InChI=1S/C32H28F6N2O3/c1-42-29(41)28(21-14-24(31(33,34)35)16-25(15-21)32(36,37)38)43-27-13-12-26-22(18-39)17-30(27,23-10-6-3-7-11-23)40(26)19-20-8-4-2-5-9-20/h2-11,14-16,22,26-28H,12-13,17,19H2,1H3/t22-,26-,27+,28+,30+/m0/s1. The molecule has 5 rings (SSSR count). The van der Waals surface area contributed by atoms with Gasteiger partial charge in [-0.25, -0.2) is 4.79 Å². The predicted octanol–water partition coefficient (Wildman–Crippen LogP) is 7.43. The zero-order valence-electron chi connectivity index (χ0n) is 23.0. The molecule has 226 valence electrons. The van der Waals surface area contributed by atoms with E-state index in [-0.39, 0.29) is 12.1 Å². The van der Waals surface area contributed by atoms with Gasteiger partial charge in [0.25, 0.3) is 0 Å². The Bertz CT molecular complexity index is 1460. The summed E-state index contributed by atoms with van der Waals surface area (Å²) >= 11 is 0. The molecule has 0 saturated carbocycles. The number of esters is 1. The Morgan fingerprint density at radius 3 is 2.07 bits per heavy atom. The fourth-order valence-electron chi connectivity index (χ4n) is 6.55. The number of nitriles is 1. The monoisotopic (exact) mass is 602 g/mol. The maximum Gasteiger partial charge on any atom is 0.416 e. The number of rotatable bonds is 7. The van der Waals surface area contributed by atoms with E-state index in [0.717, 1.165) is 18.2 Å². The van der Waals surface area contributed by atoms with Crippen molar-refractivity contribution in [2.45, 2.75) is 61.9 Å². The minimum Gasteiger partial charge on any atom is -0.467 e. The Hall–Kier alpha value is -3.88. The van der Waals surface area contributed by atoms with E-state index in [1.807, 2.05) is 60.7 Å². The van der Waals surface area contributed by atoms with Crippen molar-refractivity contribution < 1.29 is 40.6 Å². The number of ether oxygens (including phenoxy) is 2. The van der Waals surface area contributed by atoms with Gasteiger partial charge >= 0.3 is 18.3 Å². The third-order valence-corrected chi connectivity index (χ3v) is 8.43. The highest BCUT2D eigenvalue weighted by Gasteiger charge is 2.60. The first-order chi connectivity index (χ1) is 20.4. The van der Waals surface area contributed by atoms with Crippen LogP contribution in [-0.4, -0.2) is 30.1 Å². The Labute approximate surface area is 244 Å². The molecule has 2 fully saturated rings. The molecule has 0 aromatic heterocycles. The van der Waals surface area contributed by atoms with Gasteiger partial charge in [-0.05, 0) is 54.2 Å². The highest BCUT2D eigenvalue weighted by atomic mass is 19.4. The van der Waals surface area contributed by atoms with Crippen molar-refractivity contribution in [3.8, 4) is 6.07 Å². The molecule has 3 aromatic rings. The van der Waals surface area contributed by atoms with Gasteiger partial charge < -0.3 is 9.47 Å². The number of hydrogen-bond donors (Lipinski definition) is 0. The molecular weight excluding hydrogens is 574 g/mol. The first-order valence-electron chi connectivity index (χ1n) is 13.7. The molecule has 0 N–H and O–H groups in total. The number of nitrogens with zero attached hydrogens (tertiary/aromatic N) is 2. The molecule has 2 heterocycles. The van der Waals surface area contributed by atoms with Gasteiger partial charge in [-0.15, -0.1) is 0 Å². The average molecular weight is 603 g/mol. The van der Waals surface area contributed by atoms with Crippen molar-refractivity contribution in [1.82, 2.24) is 4.90 Å². The summed E-state index contributed by atoms with van der Waals surface area (Å²) in [6.45, 7) is 0.406. The average Bonchev–Trinajstić information content (AvgIpc) is 3.20. The van der Waals surface area contributed by atoms with Crippen LogP contribution in [0.2, 0.25) is 0 Å². The molecule has 0 spiro atoms. The molecule has 3 aromatic carbocycles. The topological polar surface area (TPSA) is 62.6 Å². The van der Waals surface area contributed by atoms with Crippen LogP contribution in [0, 0.1) is 17.2 Å². The minimum absolute atomic E-state index is 0.00455. The third-order valence-electron chi connectivity index (χ3n) is 8.43. The quantitative estimate of drug-likeness (QED) is 0.208. The highest BCUT2D eigenvalue weighted by molar-refractivity contribution is 5.76. The zero-order valence-corrected chi connectivity index (χ0v) is 23.0. The number of fused-ring (bicyclic) bond motifs is 2. The van der Waals surface area contributed by atoms with Crippen molar-refractivity contribution in [3.05, 3.63) is 107 Å². The van der Waals surface area contributed by atoms with E-state index < -0.39 is 58.7 Å². The summed E-state index contributed by atoms with van der Waals surface area (Å²) < 4.78 is 93.5. The van der Waals surface area contributed by atoms with Crippen molar-refractivity contribution in [3.63, 3.8) is 0 Å². The molecule has 2 saturated heterocycles. The van der Waals surface area contributed by atoms with E-state index >= 15 is 0 Å². The fourth-order valence-corrected chi connectivity index (χ4v) is 6.55. The van der Waals surface area contributed by atoms with Gasteiger partial charge in [0.2, 0.25) is 0 Å². The van der Waals surface area contributed by atoms with Gasteiger partial charge in [-0.2, -0.15) is 31.6 Å². The lowest BCUT2D eigenvalue weighted by atomic mass is 9.78. The largest absolute Gasteiger partial charge is 0.467 e. The van der Waals surface area contributed by atoms with Crippen LogP contribution in [0.4, 0.5) is 26.3 Å². The van der Waals surface area contributed by atoms with Crippen LogP contribution in [-0.2, 0) is 38.7 Å². The Morgan fingerprint density at radius 2 is 1.53 bits per heavy atom. The van der Waals surface area contributed by atoms with E-state index in [0.29, 0.717) is 37.9 Å². The third kappa shape index (κ3) is 5.86. The summed E-state index contributed by atoms with van der Waals surface area (Å²) in [4.78, 5) is 15.2. The number of alkyl halides is 6. The summed E-state index contributed by atoms with van der Waals surface area (Å²) in [5.74, 6) is -1.57. The van der Waals surface area contributed by atoms with E-state index in [2.05, 4.69) is 11.0 Å². The molecule has 2 aliphatic heterocycles. The highest BCUT2D eigenvalue weighted by Crippen LogP contribution is 2.55. The maximum absolute atomic E-state index is 13.7. The van der Waals surface area contributed by atoms with Crippen molar-refractivity contribution in [2.75, 3.05) is 7.11 Å². The van der Waals surface area contributed by atoms with Gasteiger partial charge in [0, 0.05) is 12.6 Å². The second-order valence-electron chi connectivity index (χ2n) is 10.9. The Balaban J connectivity index is 1.64. The lowest BCUT2D eigenvalue weighted by Crippen LogP contribution is -2.57. The Morgan fingerprint density at radius 1 is 0.953 bits per heavy atom. The van der Waals surface area contributed by atoms with Crippen LogP contribution >= 0.6 is 0 Å². The summed E-state index contributed by atoms with van der Waals surface area (Å²) in [6.07, 6.45) is -11.9. The second kappa shape index (κ2) is 11.7. The lowest BCUT2D eigenvalue weighted by Gasteiger charge is -2.50. The zero-order chi connectivity index (χ0) is 31.0. The first-order valence-corrected chi connectivity index (χ1v) is 13.7. The van der Waals surface area contributed by atoms with Crippen LogP contribution < -0.4 is 0 Å². The first kappa shape index (κ1) is 30.6. The molecule has 2 aliphatic rings. The molecule has 5 atom stereocenters. The van der Waals surface area contributed by atoms with Gasteiger partial charge in [0.1, 0.15) is 0 Å². The molecule has 0 aliphatic carbocycles. The van der Waals surface area contributed by atoms with Crippen LogP contribution in [0.3, 0.4) is 0 Å². The number of carbonyl (C=O) groups is 1. The van der Waals surface area contributed by atoms with Crippen molar-refractivity contribution >= 4 is 5.97 Å². The van der Waals surface area contributed by atoms with Crippen LogP contribution in [0.25, 0.3) is 0 Å². The number of benzene rings is 3. The summed E-state index contributed by atoms with van der Waals surface area (Å²) in [5.41, 5.74) is -3.05.